The summed E-state index contributed by atoms with van der Waals surface area (Å²) in [4.78, 5) is 2.17. The lowest BCUT2D eigenvalue weighted by Gasteiger charge is -2.20. The van der Waals surface area contributed by atoms with E-state index < -0.39 is 43.5 Å². The van der Waals surface area contributed by atoms with Crippen molar-refractivity contribution < 1.29 is 43.7 Å². The third-order valence-corrected chi connectivity index (χ3v) is 10.9. The van der Waals surface area contributed by atoms with Crippen molar-refractivity contribution in [3.05, 3.63) is 57.4 Å². The minimum atomic E-state index is -4.57. The number of alkyl halides is 3. The number of thiophene rings is 1. The number of anilines is 1. The number of hydrogen-bond acceptors (Lipinski definition) is 8. The lowest BCUT2D eigenvalue weighted by Crippen LogP contribution is -2.36. The number of thiazole rings is 1. The third kappa shape index (κ3) is 6.48. The molecule has 1 aliphatic rings. The van der Waals surface area contributed by atoms with E-state index >= 15 is 0 Å². The highest BCUT2D eigenvalue weighted by Gasteiger charge is 2.35. The lowest BCUT2D eigenvalue weighted by molar-refractivity contribution is -0.667. The average molecular weight is 652 g/mol. The van der Waals surface area contributed by atoms with Crippen LogP contribution in [0.5, 0.6) is 0 Å². The summed E-state index contributed by atoms with van der Waals surface area (Å²) in [6, 6.07) is 9.30. The number of fused-ring (bicyclic) bond motifs is 4. The van der Waals surface area contributed by atoms with Crippen molar-refractivity contribution in [2.75, 3.05) is 23.0 Å². The molecule has 0 saturated carbocycles. The Balaban J connectivity index is 1.60. The molecule has 2 N–H and O–H groups in total. The van der Waals surface area contributed by atoms with Crippen molar-refractivity contribution in [2.24, 2.45) is 0 Å². The molecule has 8 nitrogen and oxygen atoms in total. The molecule has 2 aromatic heterocycles. The van der Waals surface area contributed by atoms with Gasteiger partial charge >= 0.3 is 6.18 Å². The molecule has 214 valence electrons. The molecule has 0 fully saturated rings. The first-order chi connectivity index (χ1) is 18.7. The Labute approximate surface area is 240 Å². The van der Waals surface area contributed by atoms with E-state index in [2.05, 4.69) is 0 Å². The average Bonchev–Trinajstić information content (AvgIpc) is 3.52. The van der Waals surface area contributed by atoms with Gasteiger partial charge in [-0.25, -0.2) is 0 Å². The number of hydrogen-bond donors (Lipinski definition) is 2. The van der Waals surface area contributed by atoms with Gasteiger partial charge in [0.1, 0.15) is 4.70 Å². The SMILES string of the molecule is O=S(=O)(O)CCCN1C(=Cc2sc3ccc4sccc4c3[n+]2CCCS(=O)(=O)O)Sc2ccc(C(F)(F)F)cc21. The standard InChI is InChI=1S/C24H21F3N2O6S5/c25-24(26,27)15-3-4-19-17(13-15)28(8-1-11-39(30,31)32)21(37-19)14-22-29(9-2-12-40(33,34)35)23-16-7-10-36-18(16)5-6-20(23)38-22/h3-7,10,13-14H,1-2,8-9,11-12H2,(H-,30,31,32,33,34,35)/p+1. The van der Waals surface area contributed by atoms with Crippen molar-refractivity contribution in [2.45, 2.75) is 30.5 Å². The number of aryl methyl sites for hydroxylation is 1. The fraction of sp³-hybridized carbons (Fsp3) is 0.292. The van der Waals surface area contributed by atoms with Gasteiger partial charge in [0.25, 0.3) is 25.2 Å². The minimum absolute atomic E-state index is 0.0251. The van der Waals surface area contributed by atoms with Gasteiger partial charge < -0.3 is 4.90 Å². The van der Waals surface area contributed by atoms with Crippen LogP contribution in [0.3, 0.4) is 0 Å². The summed E-state index contributed by atoms with van der Waals surface area (Å²) in [6.45, 7) is 0.293. The summed E-state index contributed by atoms with van der Waals surface area (Å²) in [5, 5.41) is 4.18. The van der Waals surface area contributed by atoms with Crippen LogP contribution in [0.15, 0.2) is 51.7 Å². The van der Waals surface area contributed by atoms with E-state index in [4.69, 9.17) is 0 Å². The van der Waals surface area contributed by atoms with Gasteiger partial charge in [0.05, 0.1) is 39.2 Å². The molecule has 1 aliphatic heterocycles. The van der Waals surface area contributed by atoms with Crippen LogP contribution in [-0.2, 0) is 33.0 Å². The highest BCUT2D eigenvalue weighted by molar-refractivity contribution is 8.04. The first-order valence-corrected chi connectivity index (χ1v) is 17.5. The van der Waals surface area contributed by atoms with Gasteiger partial charge in [-0.05, 0) is 48.2 Å². The van der Waals surface area contributed by atoms with E-state index in [9.17, 15) is 39.1 Å². The van der Waals surface area contributed by atoms with Crippen molar-refractivity contribution in [3.63, 3.8) is 0 Å². The first kappa shape index (κ1) is 29.3. The third-order valence-electron chi connectivity index (χ3n) is 6.19. The second-order valence-electron chi connectivity index (χ2n) is 9.03. The van der Waals surface area contributed by atoms with Crippen molar-refractivity contribution in [1.29, 1.82) is 0 Å². The Morgan fingerprint density at radius 2 is 1.65 bits per heavy atom. The molecule has 16 heteroatoms. The minimum Gasteiger partial charge on any atom is -0.335 e. The largest absolute Gasteiger partial charge is 0.416 e. The summed E-state index contributed by atoms with van der Waals surface area (Å²) in [7, 11) is -8.44. The molecule has 0 radical (unpaired) electrons. The normalized spacial score (nSPS) is 15.5. The molecular weight excluding hydrogens is 630 g/mol. The van der Waals surface area contributed by atoms with E-state index in [1.807, 2.05) is 28.1 Å². The van der Waals surface area contributed by atoms with E-state index in [1.54, 1.807) is 22.3 Å². The van der Waals surface area contributed by atoms with E-state index in [0.717, 1.165) is 32.4 Å². The van der Waals surface area contributed by atoms with Gasteiger partial charge in [0.2, 0.25) is 5.52 Å². The Kier molecular flexibility index (Phi) is 7.97. The van der Waals surface area contributed by atoms with Crippen LogP contribution >= 0.6 is 34.4 Å². The molecule has 0 spiro atoms. The second-order valence-corrected chi connectivity index (χ2v) is 15.2. The van der Waals surface area contributed by atoms with Gasteiger partial charge in [-0.3, -0.25) is 9.11 Å². The zero-order valence-electron chi connectivity index (χ0n) is 20.5. The highest BCUT2D eigenvalue weighted by Crippen LogP contribution is 2.49. The molecule has 0 bridgehead atoms. The molecule has 3 heterocycles. The molecule has 4 aromatic rings. The number of halogens is 3. The van der Waals surface area contributed by atoms with Crippen LogP contribution in [0.4, 0.5) is 18.9 Å². The predicted molar refractivity (Wildman–Crippen MR) is 152 cm³/mol. The van der Waals surface area contributed by atoms with E-state index in [1.165, 1.54) is 29.2 Å². The van der Waals surface area contributed by atoms with E-state index in [-0.39, 0.29) is 31.6 Å². The lowest BCUT2D eigenvalue weighted by atomic mass is 10.1. The summed E-state index contributed by atoms with van der Waals surface area (Å²) in [5.74, 6) is -0.987. The number of nitrogens with zero attached hydrogens (tertiary/aromatic N) is 2. The second kappa shape index (κ2) is 10.9. The molecule has 40 heavy (non-hydrogen) atoms. The maximum Gasteiger partial charge on any atom is 0.416 e. The van der Waals surface area contributed by atoms with Crippen LogP contribution in [0, 0.1) is 0 Å². The monoisotopic (exact) mass is 651 g/mol. The van der Waals surface area contributed by atoms with Crippen molar-refractivity contribution in [1.82, 2.24) is 0 Å². The smallest absolute Gasteiger partial charge is 0.335 e. The van der Waals surface area contributed by atoms with Crippen LogP contribution in [0.1, 0.15) is 23.4 Å². The Morgan fingerprint density at radius 1 is 0.950 bits per heavy atom. The van der Waals surface area contributed by atoms with Crippen LogP contribution in [0.25, 0.3) is 26.4 Å². The van der Waals surface area contributed by atoms with Gasteiger partial charge in [-0.1, -0.05) is 23.1 Å². The van der Waals surface area contributed by atoms with Gasteiger partial charge in [0, 0.05) is 22.6 Å². The van der Waals surface area contributed by atoms with Crippen molar-refractivity contribution >= 4 is 86.7 Å². The van der Waals surface area contributed by atoms with Crippen LogP contribution in [-0.4, -0.2) is 44.0 Å². The number of rotatable bonds is 9. The number of thioether (sulfide) groups is 1. The summed E-state index contributed by atoms with van der Waals surface area (Å²) in [6.07, 6.45) is -2.67. The first-order valence-electron chi connectivity index (χ1n) is 11.8. The zero-order chi connectivity index (χ0) is 28.9. The fourth-order valence-electron chi connectivity index (χ4n) is 4.51. The maximum absolute atomic E-state index is 13.5. The Hall–Kier alpha value is -2.21. The molecule has 0 amide bonds. The van der Waals surface area contributed by atoms with Crippen LogP contribution in [0.2, 0.25) is 0 Å². The van der Waals surface area contributed by atoms with Crippen molar-refractivity contribution in [3.8, 4) is 0 Å². The number of benzene rings is 2. The zero-order valence-corrected chi connectivity index (χ0v) is 24.5. The summed E-state index contributed by atoms with van der Waals surface area (Å²) in [5.41, 5.74) is 0.319. The molecule has 0 atom stereocenters. The molecule has 2 aromatic carbocycles. The number of aromatic nitrogens is 1. The van der Waals surface area contributed by atoms with Crippen LogP contribution < -0.4 is 9.47 Å². The molecule has 0 aliphatic carbocycles. The van der Waals surface area contributed by atoms with Gasteiger partial charge in [-0.2, -0.15) is 34.6 Å². The highest BCUT2D eigenvalue weighted by atomic mass is 32.2. The van der Waals surface area contributed by atoms with Gasteiger partial charge in [0.15, 0.2) is 6.54 Å². The molecular formula is C24H22F3N2O6S5+. The fourth-order valence-corrected chi connectivity index (χ4v) is 8.61. The summed E-state index contributed by atoms with van der Waals surface area (Å²) >= 11 is 4.22. The predicted octanol–water partition coefficient (Wildman–Crippen LogP) is 5.89. The van der Waals surface area contributed by atoms with E-state index in [0.29, 0.717) is 14.9 Å². The molecule has 5 rings (SSSR count). The topological polar surface area (TPSA) is 116 Å². The Morgan fingerprint density at radius 3 is 2.35 bits per heavy atom. The summed E-state index contributed by atoms with van der Waals surface area (Å²) < 4.78 is 108. The Bertz CT molecular complexity index is 1850. The molecule has 0 saturated heterocycles. The molecule has 0 unspecified atom stereocenters. The maximum atomic E-state index is 13.5. The van der Waals surface area contributed by atoms with Gasteiger partial charge in [-0.15, -0.1) is 11.3 Å². The quantitative estimate of drug-likeness (QED) is 0.170.